The number of thioether (sulfide) groups is 6. The van der Waals surface area contributed by atoms with Crippen molar-refractivity contribution in [1.82, 2.24) is 0 Å². The highest BCUT2D eigenvalue weighted by Crippen LogP contribution is 2.48. The van der Waals surface area contributed by atoms with E-state index in [-0.39, 0.29) is 0 Å². The molecule has 0 nitrogen and oxygen atoms in total. The topological polar surface area (TPSA) is 0 Å². The van der Waals surface area contributed by atoms with Gasteiger partial charge < -0.3 is 0 Å². The Kier molecular flexibility index (Phi) is 13.4. The zero-order valence-corrected chi connectivity index (χ0v) is 42.7. The average Bonchev–Trinajstić information content (AvgIpc) is 3.40. The lowest BCUT2D eigenvalue weighted by Crippen LogP contribution is -1.94. The van der Waals surface area contributed by atoms with Crippen molar-refractivity contribution in [1.29, 1.82) is 0 Å². The maximum atomic E-state index is 2.50. The molecule has 0 aliphatic carbocycles. The molecule has 324 valence electrons. The average molecular weight is 961 g/mol. The zero-order valence-electron chi connectivity index (χ0n) is 37.8. The van der Waals surface area contributed by atoms with Crippen molar-refractivity contribution >= 4 is 103 Å². The summed E-state index contributed by atoms with van der Waals surface area (Å²) in [5, 5.41) is 7.49. The molecule has 0 fully saturated rings. The highest BCUT2D eigenvalue weighted by Gasteiger charge is 2.21. The molecule has 0 aliphatic heterocycles. The van der Waals surface area contributed by atoms with Gasteiger partial charge in [0.15, 0.2) is 0 Å². The molecular formula is C60H48S6. The largest absolute Gasteiger partial charge is 0.130 e. The second-order valence-corrected chi connectivity index (χ2v) is 21.5. The Balaban J connectivity index is 1.39. The molecule has 10 aromatic rings. The first-order valence-corrected chi connectivity index (χ1v) is 29.2. The number of fused-ring (bicyclic) bond motifs is 6. The smallest absolute Gasteiger partial charge is 0.00695 e. The molecule has 0 saturated carbocycles. The van der Waals surface area contributed by atoms with Gasteiger partial charge in [-0.1, -0.05) is 72.8 Å². The molecule has 0 spiro atoms. The summed E-state index contributed by atoms with van der Waals surface area (Å²) in [6, 6.07) is 69.7. The Morgan fingerprint density at radius 1 is 0.182 bits per heavy atom. The lowest BCUT2D eigenvalue weighted by molar-refractivity contribution is 1.45. The highest BCUT2D eigenvalue weighted by molar-refractivity contribution is 7.99. The highest BCUT2D eigenvalue weighted by atomic mass is 32.2. The molecule has 0 N–H and O–H groups in total. The van der Waals surface area contributed by atoms with E-state index in [4.69, 9.17) is 0 Å². The summed E-state index contributed by atoms with van der Waals surface area (Å²) >= 11 is 10.7. The van der Waals surface area contributed by atoms with Crippen LogP contribution in [0.2, 0.25) is 0 Å². The first kappa shape index (κ1) is 44.9. The van der Waals surface area contributed by atoms with Crippen molar-refractivity contribution in [2.24, 2.45) is 0 Å². The summed E-state index contributed by atoms with van der Waals surface area (Å²) in [4.78, 5) is 7.55. The third-order valence-corrected chi connectivity index (χ3v) is 17.2. The van der Waals surface area contributed by atoms with Crippen LogP contribution in [0.1, 0.15) is 0 Å². The van der Waals surface area contributed by atoms with Gasteiger partial charge in [0, 0.05) is 29.4 Å². The third-order valence-electron chi connectivity index (χ3n) is 12.7. The van der Waals surface area contributed by atoms with Crippen molar-refractivity contribution in [3.05, 3.63) is 182 Å². The van der Waals surface area contributed by atoms with Gasteiger partial charge in [0.2, 0.25) is 0 Å². The van der Waals surface area contributed by atoms with E-state index >= 15 is 0 Å². The first-order chi connectivity index (χ1) is 32.4. The van der Waals surface area contributed by atoms with Crippen LogP contribution in [-0.4, -0.2) is 37.5 Å². The van der Waals surface area contributed by atoms with Gasteiger partial charge in [-0.2, -0.15) is 0 Å². The number of benzene rings is 10. The van der Waals surface area contributed by atoms with Crippen LogP contribution in [0, 0.1) is 0 Å². The quantitative estimate of drug-likeness (QED) is 0.0878. The number of hydrogen-bond donors (Lipinski definition) is 0. The fourth-order valence-corrected chi connectivity index (χ4v) is 11.6. The first-order valence-electron chi connectivity index (χ1n) is 21.8. The van der Waals surface area contributed by atoms with Crippen LogP contribution < -0.4 is 0 Å². The Hall–Kier alpha value is -4.92. The fourth-order valence-electron chi connectivity index (χ4n) is 9.19. The molecule has 0 radical (unpaired) electrons. The normalized spacial score (nSPS) is 11.5. The fraction of sp³-hybridized carbons (Fsp3) is 0.100. The van der Waals surface area contributed by atoms with E-state index in [9.17, 15) is 0 Å². The summed E-state index contributed by atoms with van der Waals surface area (Å²) < 4.78 is 0. The molecule has 0 aromatic heterocycles. The minimum absolute atomic E-state index is 1.21. The van der Waals surface area contributed by atoms with Gasteiger partial charge in [0.1, 0.15) is 0 Å². The van der Waals surface area contributed by atoms with E-state index in [0.717, 1.165) is 0 Å². The molecule has 0 amide bonds. The van der Waals surface area contributed by atoms with E-state index in [1.165, 1.54) is 128 Å². The van der Waals surface area contributed by atoms with E-state index < -0.39 is 0 Å². The molecule has 0 saturated heterocycles. The Bertz CT molecular complexity index is 2740. The summed E-state index contributed by atoms with van der Waals surface area (Å²) in [7, 11) is 0. The van der Waals surface area contributed by atoms with Crippen LogP contribution in [-0.2, 0) is 0 Å². The third kappa shape index (κ3) is 8.73. The zero-order chi connectivity index (χ0) is 45.3. The molecule has 0 unspecified atom stereocenters. The monoisotopic (exact) mass is 960 g/mol. The van der Waals surface area contributed by atoms with E-state index in [2.05, 4.69) is 220 Å². The van der Waals surface area contributed by atoms with Crippen LogP contribution in [0.3, 0.4) is 0 Å². The van der Waals surface area contributed by atoms with Crippen LogP contribution in [0.5, 0.6) is 0 Å². The molecular weight excluding hydrogens is 913 g/mol. The van der Waals surface area contributed by atoms with Gasteiger partial charge in [-0.15, -0.1) is 70.6 Å². The van der Waals surface area contributed by atoms with Crippen molar-refractivity contribution in [3.8, 4) is 66.8 Å². The second-order valence-electron chi connectivity index (χ2n) is 16.2. The molecule has 6 heteroatoms. The molecule has 10 rings (SSSR count). The second kappa shape index (κ2) is 19.7. The van der Waals surface area contributed by atoms with E-state index in [1.807, 2.05) is 0 Å². The van der Waals surface area contributed by atoms with Crippen molar-refractivity contribution in [3.63, 3.8) is 0 Å². The minimum atomic E-state index is 1.21. The summed E-state index contributed by atoms with van der Waals surface area (Å²) in [5.74, 6) is 0. The van der Waals surface area contributed by atoms with Gasteiger partial charge in [-0.25, -0.2) is 0 Å². The van der Waals surface area contributed by atoms with Crippen molar-refractivity contribution < 1.29 is 0 Å². The van der Waals surface area contributed by atoms with Gasteiger partial charge in [-0.3, -0.25) is 0 Å². The predicted octanol–water partition coefficient (Wildman–Crippen LogP) is 19.5. The summed E-state index contributed by atoms with van der Waals surface area (Å²) in [5.41, 5.74) is 14.7. The number of hydrogen-bond acceptors (Lipinski definition) is 6. The molecule has 0 bridgehead atoms. The van der Waals surface area contributed by atoms with Crippen LogP contribution in [0.4, 0.5) is 0 Å². The van der Waals surface area contributed by atoms with Crippen molar-refractivity contribution in [2.45, 2.75) is 29.4 Å². The van der Waals surface area contributed by atoms with Crippen LogP contribution >= 0.6 is 70.6 Å². The van der Waals surface area contributed by atoms with Crippen LogP contribution in [0.25, 0.3) is 99.1 Å². The lowest BCUT2D eigenvalue weighted by Gasteiger charge is -2.21. The standard InChI is InChI=1S/C60H48S6/c1-61-43-19-7-37(8-20-43)49-31-55-56(32-50(49)38-9-21-44(62-2)22-10-38)58-34-52(40-13-25-46(64-4)26-14-40)54(42-17-29-48(66-6)30-18-42)36-60(58)59-35-53(41-15-27-47(65-5)28-16-41)51(33-57(55)59)39-11-23-45(63-3)24-12-39/h7-36H,1-6H3. The van der Waals surface area contributed by atoms with Gasteiger partial charge in [0.25, 0.3) is 0 Å². The van der Waals surface area contributed by atoms with Gasteiger partial charge in [-0.05, 0) is 246 Å². The van der Waals surface area contributed by atoms with Crippen LogP contribution in [0.15, 0.2) is 211 Å². The van der Waals surface area contributed by atoms with Gasteiger partial charge in [0.05, 0.1) is 0 Å². The van der Waals surface area contributed by atoms with Crippen molar-refractivity contribution in [2.75, 3.05) is 37.5 Å². The summed E-state index contributed by atoms with van der Waals surface area (Å²) in [6.07, 6.45) is 12.9. The SMILES string of the molecule is CSc1ccc(-c2cc3c4cc(-c5ccc(SC)cc5)c(-c5ccc(SC)cc5)cc4c4cc(-c5ccc(SC)cc5)c(-c5ccc(SC)cc5)cc4c3cc2-c2ccc(SC)cc2)cc1. The minimum Gasteiger partial charge on any atom is -0.130 e. The molecule has 0 heterocycles. The van der Waals surface area contributed by atoms with E-state index in [0.29, 0.717) is 0 Å². The predicted molar refractivity (Wildman–Crippen MR) is 302 cm³/mol. The van der Waals surface area contributed by atoms with Gasteiger partial charge >= 0.3 is 0 Å². The molecule has 0 atom stereocenters. The molecule has 0 aliphatic rings. The Morgan fingerprint density at radius 3 is 0.409 bits per heavy atom. The Labute approximate surface area is 415 Å². The molecule has 66 heavy (non-hydrogen) atoms. The maximum Gasteiger partial charge on any atom is 0.00695 e. The summed E-state index contributed by atoms with van der Waals surface area (Å²) in [6.45, 7) is 0. The molecule has 10 aromatic carbocycles. The Morgan fingerprint density at radius 2 is 0.303 bits per heavy atom. The lowest BCUT2D eigenvalue weighted by atomic mass is 9.82. The maximum absolute atomic E-state index is 2.50. The number of rotatable bonds is 12. The van der Waals surface area contributed by atoms with E-state index in [1.54, 1.807) is 70.6 Å².